The van der Waals surface area contributed by atoms with E-state index in [0.717, 1.165) is 31.7 Å². The Bertz CT molecular complexity index is 671. The van der Waals surface area contributed by atoms with Crippen LogP contribution in [0.15, 0.2) is 12.3 Å². The monoisotopic (exact) mass is 369 g/mol. The maximum atomic E-state index is 11.6. The van der Waals surface area contributed by atoms with E-state index >= 15 is 0 Å². The summed E-state index contributed by atoms with van der Waals surface area (Å²) in [6.45, 7) is 4.23. The summed E-state index contributed by atoms with van der Waals surface area (Å²) in [4.78, 5) is 18.2. The zero-order valence-corrected chi connectivity index (χ0v) is 15.1. The molecule has 0 radical (unpaired) electrons. The van der Waals surface area contributed by atoms with Gasteiger partial charge in [0.1, 0.15) is 5.82 Å². The molecule has 7 heteroatoms. The fourth-order valence-corrected chi connectivity index (χ4v) is 5.12. The minimum absolute atomic E-state index is 0.101. The van der Waals surface area contributed by atoms with Crippen molar-refractivity contribution in [3.63, 3.8) is 0 Å². The van der Waals surface area contributed by atoms with Crippen molar-refractivity contribution in [2.75, 3.05) is 24.5 Å². The smallest absolute Gasteiger partial charge is 0.219 e. The lowest BCUT2D eigenvalue weighted by Crippen LogP contribution is -2.41. The van der Waals surface area contributed by atoms with Gasteiger partial charge in [-0.15, -0.1) is 0 Å². The van der Waals surface area contributed by atoms with Crippen molar-refractivity contribution in [3.05, 3.63) is 22.3 Å². The van der Waals surface area contributed by atoms with E-state index in [1.165, 1.54) is 0 Å². The average molecular weight is 370 g/mol. The Morgan fingerprint density at radius 1 is 1.54 bits per heavy atom. The largest absolute Gasteiger partial charge is 0.369 e. The van der Waals surface area contributed by atoms with E-state index in [1.54, 1.807) is 12.3 Å². The van der Waals surface area contributed by atoms with Crippen LogP contribution in [0.25, 0.3) is 0 Å². The number of carbonyl (C=O) groups excluding carboxylic acids is 1. The Morgan fingerprint density at radius 2 is 2.38 bits per heavy atom. The second-order valence-electron chi connectivity index (χ2n) is 7.03. The van der Waals surface area contributed by atoms with Crippen LogP contribution in [0.4, 0.5) is 5.82 Å². The minimum atomic E-state index is -0.114. The van der Waals surface area contributed by atoms with Crippen molar-refractivity contribution < 1.29 is 9.53 Å². The van der Waals surface area contributed by atoms with Gasteiger partial charge in [-0.3, -0.25) is 4.79 Å². The highest BCUT2D eigenvalue weighted by atomic mass is 35.5. The fraction of sp³-hybridized carbons (Fsp3) is 0.647. The second kappa shape index (κ2) is 6.04. The van der Waals surface area contributed by atoms with Crippen molar-refractivity contribution in [3.8, 4) is 0 Å². The van der Waals surface area contributed by atoms with Gasteiger partial charge in [-0.1, -0.05) is 30.1 Å². The molecule has 1 amide bonds. The molecular weight excluding hydrogens is 349 g/mol. The summed E-state index contributed by atoms with van der Waals surface area (Å²) in [5.74, 6) is 1.64. The van der Waals surface area contributed by atoms with E-state index in [2.05, 4.69) is 15.2 Å². The third-order valence-corrected chi connectivity index (χ3v) is 6.21. The van der Waals surface area contributed by atoms with Gasteiger partial charge in [-0.05, 0) is 18.9 Å². The van der Waals surface area contributed by atoms with Gasteiger partial charge in [0.05, 0.1) is 21.8 Å². The molecule has 3 fully saturated rings. The summed E-state index contributed by atoms with van der Waals surface area (Å²) in [6.07, 6.45) is 4.56. The Hall–Kier alpha value is -1.04. The van der Waals surface area contributed by atoms with Crippen LogP contribution in [-0.2, 0) is 9.53 Å². The molecular formula is C17H21Cl2N3O2. The van der Waals surface area contributed by atoms with Crippen LogP contribution < -0.4 is 10.2 Å². The zero-order chi connectivity index (χ0) is 16.9. The summed E-state index contributed by atoms with van der Waals surface area (Å²) < 4.78 is 6.39. The number of amides is 1. The number of aromatic nitrogens is 1. The van der Waals surface area contributed by atoms with E-state index in [0.29, 0.717) is 34.8 Å². The average Bonchev–Trinajstić information content (AvgIpc) is 3.20. The Balaban J connectivity index is 1.53. The maximum Gasteiger partial charge on any atom is 0.219 e. The van der Waals surface area contributed by atoms with Gasteiger partial charge in [-0.25, -0.2) is 4.98 Å². The van der Waals surface area contributed by atoms with Crippen LogP contribution in [0.5, 0.6) is 0 Å². The van der Waals surface area contributed by atoms with Crippen molar-refractivity contribution in [1.29, 1.82) is 0 Å². The SMILES string of the molecule is CCC(=O)NC[C@H]1[C@H]2CN(c3ncc(Cl)cc3Cl)C[C@]23CC[C@H]1O3. The van der Waals surface area contributed by atoms with Crippen LogP contribution in [-0.4, -0.2) is 42.2 Å². The number of ether oxygens (including phenoxy) is 1. The molecule has 1 aromatic heterocycles. The Morgan fingerprint density at radius 3 is 3.12 bits per heavy atom. The maximum absolute atomic E-state index is 11.6. The Labute approximate surface area is 151 Å². The first-order valence-electron chi connectivity index (χ1n) is 8.53. The van der Waals surface area contributed by atoms with Crippen molar-refractivity contribution in [2.24, 2.45) is 11.8 Å². The van der Waals surface area contributed by atoms with Gasteiger partial charge in [0.2, 0.25) is 5.91 Å². The van der Waals surface area contributed by atoms with Gasteiger partial charge < -0.3 is 15.0 Å². The predicted octanol–water partition coefficient (Wildman–Crippen LogP) is 2.90. The van der Waals surface area contributed by atoms with E-state index < -0.39 is 0 Å². The summed E-state index contributed by atoms with van der Waals surface area (Å²) >= 11 is 12.3. The van der Waals surface area contributed by atoms with Crippen LogP contribution in [0.2, 0.25) is 10.0 Å². The first kappa shape index (κ1) is 16.4. The molecule has 2 bridgehead atoms. The molecule has 4 rings (SSSR count). The molecule has 0 saturated carbocycles. The van der Waals surface area contributed by atoms with E-state index in [4.69, 9.17) is 27.9 Å². The molecule has 3 aliphatic rings. The second-order valence-corrected chi connectivity index (χ2v) is 7.87. The molecule has 1 spiro atoms. The third kappa shape index (κ3) is 2.57. The summed E-state index contributed by atoms with van der Waals surface area (Å²) in [7, 11) is 0. The van der Waals surface area contributed by atoms with Crippen LogP contribution >= 0.6 is 23.2 Å². The van der Waals surface area contributed by atoms with Gasteiger partial charge in [-0.2, -0.15) is 0 Å². The number of halogens is 2. The number of rotatable bonds is 4. The summed E-state index contributed by atoms with van der Waals surface area (Å²) in [5.41, 5.74) is -0.114. The number of nitrogens with zero attached hydrogens (tertiary/aromatic N) is 2. The number of nitrogens with one attached hydrogen (secondary N) is 1. The van der Waals surface area contributed by atoms with Crippen LogP contribution in [0.1, 0.15) is 26.2 Å². The number of carbonyl (C=O) groups is 1. The molecule has 4 heterocycles. The highest BCUT2D eigenvalue weighted by Crippen LogP contribution is 2.55. The number of anilines is 1. The topological polar surface area (TPSA) is 54.5 Å². The first-order chi connectivity index (χ1) is 11.5. The fourth-order valence-electron chi connectivity index (χ4n) is 4.62. The molecule has 0 aromatic carbocycles. The highest BCUT2D eigenvalue weighted by molar-refractivity contribution is 6.36. The minimum Gasteiger partial charge on any atom is -0.369 e. The van der Waals surface area contributed by atoms with Crippen LogP contribution in [0.3, 0.4) is 0 Å². The molecule has 1 aromatic rings. The molecule has 24 heavy (non-hydrogen) atoms. The summed E-state index contributed by atoms with van der Waals surface area (Å²) in [5, 5.41) is 4.16. The standard InChI is InChI=1S/C17H21Cl2N3O2/c1-2-15(23)20-7-11-12-8-22(9-17(12)4-3-14(11)24-17)16-13(19)5-10(18)6-21-16/h5-6,11-12,14H,2-4,7-9H2,1H3,(H,20,23)/t11-,12+,14+,17+/m0/s1. The number of hydrogen-bond donors (Lipinski definition) is 1. The number of fused-ring (bicyclic) bond motifs is 1. The molecule has 3 saturated heterocycles. The predicted molar refractivity (Wildman–Crippen MR) is 93.6 cm³/mol. The molecule has 3 aliphatic heterocycles. The van der Waals surface area contributed by atoms with E-state index in [-0.39, 0.29) is 17.6 Å². The van der Waals surface area contributed by atoms with Gasteiger partial charge in [0.15, 0.2) is 0 Å². The van der Waals surface area contributed by atoms with E-state index in [9.17, 15) is 4.79 Å². The molecule has 4 atom stereocenters. The summed E-state index contributed by atoms with van der Waals surface area (Å²) in [6, 6.07) is 1.73. The van der Waals surface area contributed by atoms with E-state index in [1.807, 2.05) is 6.92 Å². The molecule has 0 aliphatic carbocycles. The van der Waals surface area contributed by atoms with Crippen molar-refractivity contribution >= 4 is 34.9 Å². The lowest BCUT2D eigenvalue weighted by molar-refractivity contribution is -0.121. The number of hydrogen-bond acceptors (Lipinski definition) is 4. The number of pyridine rings is 1. The normalized spacial score (nSPS) is 33.8. The lowest BCUT2D eigenvalue weighted by Gasteiger charge is -2.29. The highest BCUT2D eigenvalue weighted by Gasteiger charge is 2.63. The first-order valence-corrected chi connectivity index (χ1v) is 9.28. The quantitative estimate of drug-likeness (QED) is 0.886. The molecule has 5 nitrogen and oxygen atoms in total. The van der Waals surface area contributed by atoms with Crippen molar-refractivity contribution in [2.45, 2.75) is 37.9 Å². The lowest BCUT2D eigenvalue weighted by atomic mass is 9.73. The van der Waals surface area contributed by atoms with Gasteiger partial charge in [0.25, 0.3) is 0 Å². The Kier molecular flexibility index (Phi) is 4.14. The zero-order valence-electron chi connectivity index (χ0n) is 13.6. The molecule has 0 unspecified atom stereocenters. The van der Waals surface area contributed by atoms with Gasteiger partial charge >= 0.3 is 0 Å². The molecule has 130 valence electrons. The van der Waals surface area contributed by atoms with Crippen LogP contribution in [0, 0.1) is 11.8 Å². The van der Waals surface area contributed by atoms with Crippen molar-refractivity contribution in [1.82, 2.24) is 10.3 Å². The van der Waals surface area contributed by atoms with Gasteiger partial charge in [0, 0.05) is 44.1 Å². The third-order valence-electron chi connectivity index (χ3n) is 5.73. The molecule has 1 N–H and O–H groups in total.